The van der Waals surface area contributed by atoms with Crippen molar-refractivity contribution in [2.24, 2.45) is 0 Å². The van der Waals surface area contributed by atoms with Crippen LogP contribution in [0.4, 0.5) is 13.2 Å². The standard InChI is InChI=1S/C17H13F3N4O2/c1-10-4-2-6-13-22-9-12(16(26)24(10)13)15(25)23-14(17(18,19)20)11-5-3-7-21-8-11/h2-9,14H,1H3,(H,23,25). The summed E-state index contributed by atoms with van der Waals surface area (Å²) in [5, 5.41) is 1.86. The first-order chi connectivity index (χ1) is 12.3. The highest BCUT2D eigenvalue weighted by atomic mass is 19.4. The predicted octanol–water partition coefficient (Wildman–Crippen LogP) is 2.43. The van der Waals surface area contributed by atoms with E-state index in [4.69, 9.17) is 0 Å². The number of carbonyl (C=O) groups is 1. The number of halogens is 3. The van der Waals surface area contributed by atoms with Crippen molar-refractivity contribution in [3.05, 3.63) is 76.1 Å². The first-order valence-corrected chi connectivity index (χ1v) is 7.54. The molecule has 0 saturated carbocycles. The number of carbonyl (C=O) groups excluding carboxylic acids is 1. The fraction of sp³-hybridized carbons (Fsp3) is 0.176. The molecule has 3 heterocycles. The molecule has 9 heteroatoms. The first-order valence-electron chi connectivity index (χ1n) is 7.54. The molecule has 3 aromatic rings. The van der Waals surface area contributed by atoms with Gasteiger partial charge in [-0.3, -0.25) is 19.0 Å². The van der Waals surface area contributed by atoms with Crippen molar-refractivity contribution in [1.82, 2.24) is 19.7 Å². The summed E-state index contributed by atoms with van der Waals surface area (Å²) < 4.78 is 41.2. The van der Waals surface area contributed by atoms with Crippen molar-refractivity contribution in [1.29, 1.82) is 0 Å². The fourth-order valence-corrected chi connectivity index (χ4v) is 2.54. The van der Waals surface area contributed by atoms with Gasteiger partial charge in [0.05, 0.1) is 0 Å². The summed E-state index contributed by atoms with van der Waals surface area (Å²) in [6.45, 7) is 1.63. The van der Waals surface area contributed by atoms with Crippen molar-refractivity contribution >= 4 is 11.6 Å². The molecule has 1 amide bonds. The van der Waals surface area contributed by atoms with Crippen molar-refractivity contribution in [2.75, 3.05) is 0 Å². The van der Waals surface area contributed by atoms with Gasteiger partial charge in [0.2, 0.25) is 0 Å². The molecule has 1 atom stereocenters. The number of amides is 1. The summed E-state index contributed by atoms with van der Waals surface area (Å²) in [5.74, 6) is -1.16. The molecule has 0 bridgehead atoms. The highest BCUT2D eigenvalue weighted by Gasteiger charge is 2.42. The summed E-state index contributed by atoms with van der Waals surface area (Å²) in [6, 6.07) is 5.10. The molecule has 0 aliphatic carbocycles. The second kappa shape index (κ2) is 6.58. The number of fused-ring (bicyclic) bond motifs is 1. The zero-order valence-electron chi connectivity index (χ0n) is 13.5. The van der Waals surface area contributed by atoms with Gasteiger partial charge in [-0.2, -0.15) is 13.2 Å². The number of nitrogens with one attached hydrogen (secondary N) is 1. The summed E-state index contributed by atoms with van der Waals surface area (Å²) in [7, 11) is 0. The molecule has 0 aliphatic heterocycles. The average molecular weight is 362 g/mol. The lowest BCUT2D eigenvalue weighted by Gasteiger charge is -2.21. The number of hydrogen-bond donors (Lipinski definition) is 1. The van der Waals surface area contributed by atoms with E-state index in [1.54, 1.807) is 25.1 Å². The van der Waals surface area contributed by atoms with Gasteiger partial charge in [0.25, 0.3) is 11.5 Å². The molecule has 0 saturated heterocycles. The van der Waals surface area contributed by atoms with E-state index < -0.39 is 29.2 Å². The van der Waals surface area contributed by atoms with Crippen LogP contribution in [0.15, 0.2) is 53.7 Å². The molecular formula is C17H13F3N4O2. The minimum Gasteiger partial charge on any atom is -0.336 e. The summed E-state index contributed by atoms with van der Waals surface area (Å²) in [4.78, 5) is 32.5. The lowest BCUT2D eigenvalue weighted by Crippen LogP contribution is -2.40. The van der Waals surface area contributed by atoms with Gasteiger partial charge in [-0.05, 0) is 25.1 Å². The van der Waals surface area contributed by atoms with E-state index >= 15 is 0 Å². The molecule has 0 radical (unpaired) electrons. The molecule has 0 spiro atoms. The minimum atomic E-state index is -4.75. The zero-order chi connectivity index (χ0) is 18.9. The Morgan fingerprint density at radius 3 is 2.62 bits per heavy atom. The number of nitrogens with zero attached hydrogens (tertiary/aromatic N) is 3. The molecule has 1 unspecified atom stereocenters. The first kappa shape index (κ1) is 17.6. The van der Waals surface area contributed by atoms with Crippen LogP contribution in [0, 0.1) is 6.92 Å². The van der Waals surface area contributed by atoms with E-state index in [9.17, 15) is 22.8 Å². The lowest BCUT2D eigenvalue weighted by molar-refractivity contribution is -0.155. The highest BCUT2D eigenvalue weighted by molar-refractivity contribution is 5.94. The molecule has 3 aromatic heterocycles. The Kier molecular flexibility index (Phi) is 4.45. The Morgan fingerprint density at radius 2 is 1.96 bits per heavy atom. The predicted molar refractivity (Wildman–Crippen MR) is 86.7 cm³/mol. The topological polar surface area (TPSA) is 76.4 Å². The number of aromatic nitrogens is 3. The molecular weight excluding hydrogens is 349 g/mol. The zero-order valence-corrected chi connectivity index (χ0v) is 13.5. The van der Waals surface area contributed by atoms with Crippen molar-refractivity contribution in [3.8, 4) is 0 Å². The van der Waals surface area contributed by atoms with E-state index in [2.05, 4.69) is 9.97 Å². The van der Waals surface area contributed by atoms with Gasteiger partial charge in [-0.15, -0.1) is 0 Å². The Bertz CT molecular complexity index is 1020. The van der Waals surface area contributed by atoms with Gasteiger partial charge < -0.3 is 5.32 Å². The summed E-state index contributed by atoms with van der Waals surface area (Å²) in [5.41, 5.74) is -0.647. The van der Waals surface area contributed by atoms with Crippen LogP contribution in [0.25, 0.3) is 5.65 Å². The van der Waals surface area contributed by atoms with E-state index in [0.717, 1.165) is 12.4 Å². The average Bonchev–Trinajstić information content (AvgIpc) is 2.59. The van der Waals surface area contributed by atoms with Crippen molar-refractivity contribution in [3.63, 3.8) is 0 Å². The number of aryl methyl sites for hydroxylation is 1. The Labute approximate surface area is 145 Å². The molecule has 26 heavy (non-hydrogen) atoms. The van der Waals surface area contributed by atoms with Gasteiger partial charge >= 0.3 is 6.18 Å². The molecule has 0 aliphatic rings. The molecule has 0 fully saturated rings. The van der Waals surface area contributed by atoms with Gasteiger partial charge in [0.1, 0.15) is 11.2 Å². The van der Waals surface area contributed by atoms with Gasteiger partial charge in [-0.25, -0.2) is 4.98 Å². The van der Waals surface area contributed by atoms with Crippen LogP contribution >= 0.6 is 0 Å². The smallest absolute Gasteiger partial charge is 0.336 e. The third-order valence-electron chi connectivity index (χ3n) is 3.79. The second-order valence-electron chi connectivity index (χ2n) is 5.57. The van der Waals surface area contributed by atoms with Crippen LogP contribution in [-0.4, -0.2) is 26.5 Å². The minimum absolute atomic E-state index is 0.238. The number of pyridine rings is 2. The normalized spacial score (nSPS) is 12.8. The maximum Gasteiger partial charge on any atom is 0.412 e. The van der Waals surface area contributed by atoms with Gasteiger partial charge in [0.15, 0.2) is 6.04 Å². The third kappa shape index (κ3) is 3.28. The van der Waals surface area contributed by atoms with Crippen LogP contribution in [0.2, 0.25) is 0 Å². The lowest BCUT2D eigenvalue weighted by atomic mass is 10.1. The Hall–Kier alpha value is -3.23. The summed E-state index contributed by atoms with van der Waals surface area (Å²) in [6.07, 6.45) is -1.45. The maximum absolute atomic E-state index is 13.4. The van der Waals surface area contributed by atoms with E-state index in [-0.39, 0.29) is 5.56 Å². The van der Waals surface area contributed by atoms with E-state index in [0.29, 0.717) is 11.3 Å². The Morgan fingerprint density at radius 1 is 1.19 bits per heavy atom. The monoisotopic (exact) mass is 362 g/mol. The molecule has 0 aromatic carbocycles. The van der Waals surface area contributed by atoms with Crippen molar-refractivity contribution < 1.29 is 18.0 Å². The maximum atomic E-state index is 13.4. The van der Waals surface area contributed by atoms with Crippen molar-refractivity contribution in [2.45, 2.75) is 19.1 Å². The SMILES string of the molecule is Cc1cccc2ncc(C(=O)NC(c3cccnc3)C(F)(F)F)c(=O)n12. The van der Waals surface area contributed by atoms with E-state index in [1.807, 2.05) is 5.32 Å². The molecule has 134 valence electrons. The van der Waals surface area contributed by atoms with Crippen LogP contribution in [0.5, 0.6) is 0 Å². The van der Waals surface area contributed by atoms with Crippen LogP contribution in [0.1, 0.15) is 27.7 Å². The van der Waals surface area contributed by atoms with Crippen LogP contribution in [0.3, 0.4) is 0 Å². The summed E-state index contributed by atoms with van der Waals surface area (Å²) >= 11 is 0. The number of alkyl halides is 3. The van der Waals surface area contributed by atoms with Crippen LogP contribution < -0.4 is 10.9 Å². The number of rotatable bonds is 3. The molecule has 6 nitrogen and oxygen atoms in total. The molecule has 3 rings (SSSR count). The van der Waals surface area contributed by atoms with Crippen LogP contribution in [-0.2, 0) is 0 Å². The third-order valence-corrected chi connectivity index (χ3v) is 3.79. The van der Waals surface area contributed by atoms with E-state index in [1.165, 1.54) is 22.7 Å². The van der Waals surface area contributed by atoms with Gasteiger partial charge in [0, 0.05) is 29.8 Å². The Balaban J connectivity index is 2.01. The quantitative estimate of drug-likeness (QED) is 0.776. The fourth-order valence-electron chi connectivity index (χ4n) is 2.54. The highest BCUT2D eigenvalue weighted by Crippen LogP contribution is 2.32. The van der Waals surface area contributed by atoms with Gasteiger partial charge in [-0.1, -0.05) is 12.1 Å². The molecule has 1 N–H and O–H groups in total. The second-order valence-corrected chi connectivity index (χ2v) is 5.57. The number of hydrogen-bond acceptors (Lipinski definition) is 4. The largest absolute Gasteiger partial charge is 0.412 e.